The Kier molecular flexibility index (Phi) is 4.50. The van der Waals surface area contributed by atoms with Gasteiger partial charge in [-0.3, -0.25) is 4.79 Å². The molecule has 1 aliphatic rings. The first-order chi connectivity index (χ1) is 7.10. The van der Waals surface area contributed by atoms with E-state index in [1.807, 2.05) is 0 Å². The molecule has 0 saturated carbocycles. The highest BCUT2D eigenvalue weighted by Crippen LogP contribution is 2.30. The number of aliphatic hydroxyl groups excluding tert-OH is 1. The molecule has 0 aromatic rings. The molecule has 1 fully saturated rings. The predicted molar refractivity (Wildman–Crippen MR) is 52.7 cm³/mol. The summed E-state index contributed by atoms with van der Waals surface area (Å²) in [7, 11) is 1.52. The average Bonchev–Trinajstić information content (AvgIpc) is 2.18. The summed E-state index contributed by atoms with van der Waals surface area (Å²) in [5.41, 5.74) is -0.828. The standard InChI is InChI=1S/C10H18O5/c1-14-7-10(4-2-3-5-15-10)8(11)6-9(12)13/h8,11H,2-7H2,1H3,(H,12,13)/t8-,10?/m0/s1. The zero-order valence-corrected chi connectivity index (χ0v) is 8.94. The first kappa shape index (κ1) is 12.4. The number of ether oxygens (including phenoxy) is 2. The van der Waals surface area contributed by atoms with E-state index >= 15 is 0 Å². The molecule has 0 aliphatic carbocycles. The summed E-state index contributed by atoms with van der Waals surface area (Å²) < 4.78 is 10.5. The van der Waals surface area contributed by atoms with Crippen LogP contribution in [0.15, 0.2) is 0 Å². The zero-order valence-electron chi connectivity index (χ0n) is 8.94. The minimum absolute atomic E-state index is 0.238. The Labute approximate surface area is 89.0 Å². The van der Waals surface area contributed by atoms with Crippen molar-refractivity contribution in [3.8, 4) is 0 Å². The first-order valence-corrected chi connectivity index (χ1v) is 5.13. The van der Waals surface area contributed by atoms with Crippen molar-refractivity contribution in [3.63, 3.8) is 0 Å². The Morgan fingerprint density at radius 1 is 1.60 bits per heavy atom. The number of carboxylic acids is 1. The molecule has 2 atom stereocenters. The topological polar surface area (TPSA) is 76.0 Å². The van der Waals surface area contributed by atoms with Gasteiger partial charge in [-0.05, 0) is 19.3 Å². The number of hydrogen-bond acceptors (Lipinski definition) is 4. The second-order valence-corrected chi connectivity index (χ2v) is 3.92. The van der Waals surface area contributed by atoms with Crippen LogP contribution < -0.4 is 0 Å². The molecule has 0 amide bonds. The summed E-state index contributed by atoms with van der Waals surface area (Å²) in [6.07, 6.45) is 1.22. The van der Waals surface area contributed by atoms with Crippen LogP contribution in [0.2, 0.25) is 0 Å². The van der Waals surface area contributed by atoms with Crippen LogP contribution in [0.25, 0.3) is 0 Å². The largest absolute Gasteiger partial charge is 0.481 e. The van der Waals surface area contributed by atoms with Gasteiger partial charge in [0.1, 0.15) is 5.60 Å². The molecule has 0 aromatic carbocycles. The van der Waals surface area contributed by atoms with Crippen molar-refractivity contribution in [1.82, 2.24) is 0 Å². The van der Waals surface area contributed by atoms with E-state index in [9.17, 15) is 9.90 Å². The number of aliphatic carboxylic acids is 1. The second kappa shape index (κ2) is 5.44. The van der Waals surface area contributed by atoms with Gasteiger partial charge >= 0.3 is 5.97 Å². The van der Waals surface area contributed by atoms with Crippen LogP contribution in [-0.2, 0) is 14.3 Å². The second-order valence-electron chi connectivity index (χ2n) is 3.92. The molecule has 0 spiro atoms. The van der Waals surface area contributed by atoms with Crippen molar-refractivity contribution in [1.29, 1.82) is 0 Å². The maximum Gasteiger partial charge on any atom is 0.306 e. The van der Waals surface area contributed by atoms with Crippen molar-refractivity contribution in [2.24, 2.45) is 0 Å². The van der Waals surface area contributed by atoms with E-state index in [1.54, 1.807) is 0 Å². The molecule has 0 radical (unpaired) electrons. The number of aliphatic hydroxyl groups is 1. The van der Waals surface area contributed by atoms with Gasteiger partial charge in [0.05, 0.1) is 19.1 Å². The third kappa shape index (κ3) is 3.15. The van der Waals surface area contributed by atoms with Crippen molar-refractivity contribution in [3.05, 3.63) is 0 Å². The van der Waals surface area contributed by atoms with Crippen LogP contribution in [-0.4, -0.2) is 48.2 Å². The predicted octanol–water partition coefficient (Wildman–Crippen LogP) is 0.408. The van der Waals surface area contributed by atoms with Gasteiger partial charge in [-0.1, -0.05) is 0 Å². The number of rotatable bonds is 5. The molecule has 1 aliphatic heterocycles. The Hall–Kier alpha value is -0.650. The first-order valence-electron chi connectivity index (χ1n) is 5.13. The van der Waals surface area contributed by atoms with Gasteiger partial charge in [-0.15, -0.1) is 0 Å². The minimum atomic E-state index is -1.02. The molecule has 1 saturated heterocycles. The van der Waals surface area contributed by atoms with Crippen LogP contribution in [0.1, 0.15) is 25.7 Å². The van der Waals surface area contributed by atoms with Crippen LogP contribution in [0.5, 0.6) is 0 Å². The normalized spacial score (nSPS) is 28.7. The van der Waals surface area contributed by atoms with E-state index in [0.717, 1.165) is 12.8 Å². The summed E-state index contributed by atoms with van der Waals surface area (Å²) in [6.45, 7) is 0.793. The maximum atomic E-state index is 10.5. The van der Waals surface area contributed by atoms with E-state index < -0.39 is 17.7 Å². The fourth-order valence-electron chi connectivity index (χ4n) is 1.94. The van der Waals surface area contributed by atoms with Crippen LogP contribution in [0.4, 0.5) is 0 Å². The lowest BCUT2D eigenvalue weighted by Gasteiger charge is -2.39. The molecular weight excluding hydrogens is 200 g/mol. The quantitative estimate of drug-likeness (QED) is 0.699. The third-order valence-corrected chi connectivity index (χ3v) is 2.75. The van der Waals surface area contributed by atoms with E-state index in [0.29, 0.717) is 13.0 Å². The molecule has 2 N–H and O–H groups in total. The SMILES string of the molecule is COCC1([C@@H](O)CC(=O)O)CCCCO1. The molecule has 1 unspecified atom stereocenters. The highest BCUT2D eigenvalue weighted by atomic mass is 16.5. The van der Waals surface area contributed by atoms with Gasteiger partial charge in [0, 0.05) is 13.7 Å². The van der Waals surface area contributed by atoms with E-state index in [2.05, 4.69) is 0 Å². The van der Waals surface area contributed by atoms with Crippen molar-refractivity contribution < 1.29 is 24.5 Å². The Bertz CT molecular complexity index is 204. The van der Waals surface area contributed by atoms with Gasteiger partial charge in [0.25, 0.3) is 0 Å². The van der Waals surface area contributed by atoms with E-state index in [4.69, 9.17) is 14.6 Å². The fourth-order valence-corrected chi connectivity index (χ4v) is 1.94. The number of carbonyl (C=O) groups is 1. The lowest BCUT2D eigenvalue weighted by molar-refractivity contribution is -0.181. The smallest absolute Gasteiger partial charge is 0.306 e. The highest BCUT2D eigenvalue weighted by Gasteiger charge is 2.41. The van der Waals surface area contributed by atoms with E-state index in [1.165, 1.54) is 7.11 Å². The van der Waals surface area contributed by atoms with Crippen LogP contribution in [0.3, 0.4) is 0 Å². The summed E-state index contributed by atoms with van der Waals surface area (Å²) in [5, 5.41) is 18.5. The Morgan fingerprint density at radius 3 is 2.80 bits per heavy atom. The molecular formula is C10H18O5. The van der Waals surface area contributed by atoms with Gasteiger partial charge in [0.15, 0.2) is 0 Å². The molecule has 1 rings (SSSR count). The molecule has 5 nitrogen and oxygen atoms in total. The van der Waals surface area contributed by atoms with Gasteiger partial charge in [0.2, 0.25) is 0 Å². The summed E-state index contributed by atoms with van der Waals surface area (Å²) in [4.78, 5) is 10.5. The number of methoxy groups -OCH3 is 1. The summed E-state index contributed by atoms with van der Waals surface area (Å²) in [5.74, 6) is -1.02. The highest BCUT2D eigenvalue weighted by molar-refractivity contribution is 5.67. The van der Waals surface area contributed by atoms with Crippen molar-refractivity contribution in [2.45, 2.75) is 37.4 Å². The molecule has 5 heteroatoms. The maximum absolute atomic E-state index is 10.5. The molecule has 15 heavy (non-hydrogen) atoms. The van der Waals surface area contributed by atoms with Crippen LogP contribution >= 0.6 is 0 Å². The number of hydrogen-bond donors (Lipinski definition) is 2. The monoisotopic (exact) mass is 218 g/mol. The molecule has 1 heterocycles. The van der Waals surface area contributed by atoms with Gasteiger partial charge in [-0.2, -0.15) is 0 Å². The van der Waals surface area contributed by atoms with Crippen molar-refractivity contribution in [2.75, 3.05) is 20.3 Å². The van der Waals surface area contributed by atoms with Crippen LogP contribution in [0, 0.1) is 0 Å². The van der Waals surface area contributed by atoms with Gasteiger partial charge in [-0.25, -0.2) is 0 Å². The summed E-state index contributed by atoms with van der Waals surface area (Å²) >= 11 is 0. The zero-order chi connectivity index (χ0) is 11.3. The third-order valence-electron chi connectivity index (χ3n) is 2.75. The Balaban J connectivity index is 2.65. The lowest BCUT2D eigenvalue weighted by atomic mass is 9.87. The lowest BCUT2D eigenvalue weighted by Crippen LogP contribution is -2.51. The Morgan fingerprint density at radius 2 is 2.33 bits per heavy atom. The minimum Gasteiger partial charge on any atom is -0.481 e. The fraction of sp³-hybridized carbons (Fsp3) is 0.900. The number of carboxylic acid groups (broad SMARTS) is 1. The molecule has 0 aromatic heterocycles. The van der Waals surface area contributed by atoms with E-state index in [-0.39, 0.29) is 13.0 Å². The van der Waals surface area contributed by atoms with Gasteiger partial charge < -0.3 is 19.7 Å². The van der Waals surface area contributed by atoms with Crippen molar-refractivity contribution >= 4 is 5.97 Å². The average molecular weight is 218 g/mol. The molecule has 88 valence electrons. The molecule has 0 bridgehead atoms. The summed E-state index contributed by atoms with van der Waals surface area (Å²) in [6, 6.07) is 0.